The quantitative estimate of drug-likeness (QED) is 0.114. The Bertz CT molecular complexity index is 485. The van der Waals surface area contributed by atoms with E-state index in [2.05, 4.69) is 34.6 Å². The van der Waals surface area contributed by atoms with Crippen LogP contribution in [0.5, 0.6) is 0 Å². The summed E-state index contributed by atoms with van der Waals surface area (Å²) < 4.78 is 22.0. The van der Waals surface area contributed by atoms with E-state index in [1.165, 1.54) is 38.5 Å². The second kappa shape index (κ2) is 17.5. The summed E-state index contributed by atoms with van der Waals surface area (Å²) in [4.78, 5) is 18.1. The molecule has 0 bridgehead atoms. The lowest BCUT2D eigenvalue weighted by Crippen LogP contribution is -2.25. The molecule has 0 aromatic rings. The molecule has 0 spiro atoms. The van der Waals surface area contributed by atoms with E-state index in [4.69, 9.17) is 24.2 Å². The van der Waals surface area contributed by atoms with Gasteiger partial charge in [0.25, 0.3) is 0 Å². The highest BCUT2D eigenvalue weighted by Gasteiger charge is 2.30. The minimum Gasteiger partial charge on any atom is -0.396 e. The van der Waals surface area contributed by atoms with Crippen LogP contribution in [0.4, 0.5) is 0 Å². The van der Waals surface area contributed by atoms with Gasteiger partial charge in [-0.2, -0.15) is 0 Å². The van der Waals surface area contributed by atoms with Gasteiger partial charge in [0.2, 0.25) is 0 Å². The molecule has 0 saturated heterocycles. The number of aliphatic hydroxyl groups is 1. The Labute approximate surface area is 198 Å². The first kappa shape index (κ1) is 32.0. The van der Waals surface area contributed by atoms with Crippen LogP contribution in [-0.2, 0) is 13.8 Å². The topological polar surface area (TPSA) is 96.2 Å². The third-order valence-electron chi connectivity index (χ3n) is 7.73. The SMILES string of the molecule is CCC(CC)(CCCCCO)CCCCOC(C)CCCC(CC)(CC)COP(=O)(O)O. The maximum absolute atomic E-state index is 11.1. The minimum absolute atomic E-state index is 0.107. The molecular weight excluding hydrogens is 427 g/mol. The number of hydrogen-bond donors (Lipinski definition) is 3. The van der Waals surface area contributed by atoms with Gasteiger partial charge in [-0.3, -0.25) is 4.52 Å². The Morgan fingerprint density at radius 2 is 1.31 bits per heavy atom. The van der Waals surface area contributed by atoms with Crippen LogP contribution in [0.3, 0.4) is 0 Å². The molecule has 0 radical (unpaired) electrons. The predicted molar refractivity (Wildman–Crippen MR) is 133 cm³/mol. The Kier molecular flexibility index (Phi) is 17.5. The maximum Gasteiger partial charge on any atom is 0.469 e. The molecule has 0 aliphatic carbocycles. The molecular formula is C25H53O6P. The van der Waals surface area contributed by atoms with Crippen molar-refractivity contribution in [2.45, 2.75) is 131 Å². The number of rotatable bonds is 22. The van der Waals surface area contributed by atoms with E-state index in [1.54, 1.807) is 0 Å². The Morgan fingerprint density at radius 3 is 1.81 bits per heavy atom. The summed E-state index contributed by atoms with van der Waals surface area (Å²) in [6.45, 7) is 12.1. The summed E-state index contributed by atoms with van der Waals surface area (Å²) in [5.74, 6) is 0. The average molecular weight is 481 g/mol. The van der Waals surface area contributed by atoms with Crippen LogP contribution in [0.2, 0.25) is 0 Å². The first-order valence-electron chi connectivity index (χ1n) is 13.0. The van der Waals surface area contributed by atoms with E-state index in [9.17, 15) is 4.57 Å². The van der Waals surface area contributed by atoms with E-state index >= 15 is 0 Å². The van der Waals surface area contributed by atoms with E-state index in [-0.39, 0.29) is 18.1 Å². The minimum atomic E-state index is -4.42. The molecule has 32 heavy (non-hydrogen) atoms. The van der Waals surface area contributed by atoms with Crippen molar-refractivity contribution in [3.8, 4) is 0 Å². The second-order valence-electron chi connectivity index (χ2n) is 9.74. The molecule has 0 aromatic heterocycles. The van der Waals surface area contributed by atoms with Crippen molar-refractivity contribution in [1.82, 2.24) is 0 Å². The molecule has 0 saturated carbocycles. The molecule has 0 heterocycles. The molecule has 3 N–H and O–H groups in total. The van der Waals surface area contributed by atoms with Crippen molar-refractivity contribution in [3.63, 3.8) is 0 Å². The number of ether oxygens (including phenoxy) is 1. The summed E-state index contributed by atoms with van der Waals surface area (Å²) in [6.07, 6.45) is 15.2. The molecule has 1 atom stereocenters. The lowest BCUT2D eigenvalue weighted by Gasteiger charge is -2.32. The summed E-state index contributed by atoms with van der Waals surface area (Å²) in [5, 5.41) is 8.98. The van der Waals surface area contributed by atoms with Gasteiger partial charge < -0.3 is 19.6 Å². The first-order valence-corrected chi connectivity index (χ1v) is 14.6. The van der Waals surface area contributed by atoms with Crippen LogP contribution in [0, 0.1) is 10.8 Å². The van der Waals surface area contributed by atoms with Crippen LogP contribution < -0.4 is 0 Å². The monoisotopic (exact) mass is 480 g/mol. The van der Waals surface area contributed by atoms with E-state index < -0.39 is 7.82 Å². The van der Waals surface area contributed by atoms with Gasteiger partial charge in [-0.1, -0.05) is 66.2 Å². The van der Waals surface area contributed by atoms with E-state index in [0.717, 1.165) is 58.0 Å². The van der Waals surface area contributed by atoms with Gasteiger partial charge in [0.15, 0.2) is 0 Å². The van der Waals surface area contributed by atoms with E-state index in [0.29, 0.717) is 12.0 Å². The lowest BCUT2D eigenvalue weighted by atomic mass is 9.74. The largest absolute Gasteiger partial charge is 0.469 e. The standard InChI is InChI=1S/C25H53O6P/c1-6-24(7-2,17-11-10-13-20-26)18-12-14-21-30-23(5)16-15-19-25(8-3,9-4)22-31-32(27,28)29/h23,26H,6-22H2,1-5H3,(H2,27,28,29). The predicted octanol–water partition coefficient (Wildman–Crippen LogP) is 7.01. The fourth-order valence-corrected chi connectivity index (χ4v) is 5.15. The molecule has 0 aromatic carbocycles. The molecule has 7 heteroatoms. The Balaban J connectivity index is 4.19. The van der Waals surface area contributed by atoms with Crippen LogP contribution in [-0.4, -0.2) is 40.8 Å². The highest BCUT2D eigenvalue weighted by Crippen LogP contribution is 2.42. The van der Waals surface area contributed by atoms with Gasteiger partial charge in [0.05, 0.1) is 12.7 Å². The van der Waals surface area contributed by atoms with E-state index in [1.807, 2.05) is 0 Å². The summed E-state index contributed by atoms with van der Waals surface area (Å²) in [5.41, 5.74) is 0.265. The highest BCUT2D eigenvalue weighted by molar-refractivity contribution is 7.46. The summed E-state index contributed by atoms with van der Waals surface area (Å²) in [7, 11) is -4.42. The summed E-state index contributed by atoms with van der Waals surface area (Å²) >= 11 is 0. The second-order valence-corrected chi connectivity index (χ2v) is 11.0. The van der Waals surface area contributed by atoms with Crippen LogP contribution in [0.15, 0.2) is 0 Å². The van der Waals surface area contributed by atoms with Gasteiger partial charge >= 0.3 is 7.82 Å². The third-order valence-corrected chi connectivity index (χ3v) is 8.19. The molecule has 1 unspecified atom stereocenters. The van der Waals surface area contributed by atoms with Crippen molar-refractivity contribution in [2.24, 2.45) is 10.8 Å². The molecule has 0 rings (SSSR count). The number of aliphatic hydroxyl groups excluding tert-OH is 1. The van der Waals surface area contributed by atoms with Gasteiger partial charge in [0, 0.05) is 13.2 Å². The van der Waals surface area contributed by atoms with Crippen molar-refractivity contribution in [2.75, 3.05) is 19.8 Å². The average Bonchev–Trinajstić information content (AvgIpc) is 2.77. The van der Waals surface area contributed by atoms with Crippen molar-refractivity contribution in [1.29, 1.82) is 0 Å². The van der Waals surface area contributed by atoms with Crippen molar-refractivity contribution >= 4 is 7.82 Å². The van der Waals surface area contributed by atoms with Crippen molar-refractivity contribution in [3.05, 3.63) is 0 Å². The van der Waals surface area contributed by atoms with Crippen LogP contribution in [0.25, 0.3) is 0 Å². The fourth-order valence-electron chi connectivity index (χ4n) is 4.71. The Hall–Kier alpha value is 0.0300. The molecule has 194 valence electrons. The zero-order chi connectivity index (χ0) is 24.5. The van der Waals surface area contributed by atoms with Crippen LogP contribution >= 0.6 is 7.82 Å². The molecule has 0 fully saturated rings. The fraction of sp³-hybridized carbons (Fsp3) is 1.00. The van der Waals surface area contributed by atoms with Crippen LogP contribution in [0.1, 0.15) is 125 Å². The number of hydrogen-bond acceptors (Lipinski definition) is 4. The molecule has 0 amide bonds. The van der Waals surface area contributed by atoms with Gasteiger partial charge in [-0.15, -0.1) is 0 Å². The van der Waals surface area contributed by atoms with Gasteiger partial charge in [-0.05, 0) is 69.1 Å². The number of unbranched alkanes of at least 4 members (excludes halogenated alkanes) is 3. The summed E-state index contributed by atoms with van der Waals surface area (Å²) in [6, 6.07) is 0. The molecule has 0 aliphatic rings. The van der Waals surface area contributed by atoms with Crippen molar-refractivity contribution < 1.29 is 28.7 Å². The Morgan fingerprint density at radius 1 is 0.781 bits per heavy atom. The maximum atomic E-state index is 11.1. The lowest BCUT2D eigenvalue weighted by molar-refractivity contribution is 0.0448. The van der Waals surface area contributed by atoms with Gasteiger partial charge in [0.1, 0.15) is 0 Å². The van der Waals surface area contributed by atoms with Gasteiger partial charge in [-0.25, -0.2) is 4.57 Å². The highest BCUT2D eigenvalue weighted by atomic mass is 31.2. The first-order chi connectivity index (χ1) is 15.1. The third kappa shape index (κ3) is 14.3. The number of phosphoric ester groups is 1. The molecule has 0 aliphatic heterocycles. The zero-order valence-corrected chi connectivity index (χ0v) is 22.5. The normalized spacial score (nSPS) is 14.1. The molecule has 6 nitrogen and oxygen atoms in total. The smallest absolute Gasteiger partial charge is 0.396 e. The number of phosphoric acid groups is 1. The zero-order valence-electron chi connectivity index (χ0n) is 21.6.